The summed E-state index contributed by atoms with van der Waals surface area (Å²) >= 11 is 11.8. The fraction of sp³-hybridized carbons (Fsp3) is 0.167. The number of hydrogen-bond donors (Lipinski definition) is 3. The molecule has 0 unspecified atom stereocenters. The van der Waals surface area contributed by atoms with E-state index in [4.69, 9.17) is 23.2 Å². The van der Waals surface area contributed by atoms with Crippen LogP contribution in [0.3, 0.4) is 0 Å². The summed E-state index contributed by atoms with van der Waals surface area (Å²) in [5.41, 5.74) is 1.08. The molecule has 0 radical (unpaired) electrons. The van der Waals surface area contributed by atoms with Crippen LogP contribution < -0.4 is 15.4 Å². The predicted octanol–water partition coefficient (Wildman–Crippen LogP) is 3.62. The molecular weight excluding hydrogens is 435 g/mol. The summed E-state index contributed by atoms with van der Waals surface area (Å²) in [6.45, 7) is 2.40. The van der Waals surface area contributed by atoms with Crippen LogP contribution >= 0.6 is 23.2 Å². The summed E-state index contributed by atoms with van der Waals surface area (Å²) < 4.78 is 27.1. The summed E-state index contributed by atoms with van der Waals surface area (Å²) in [5, 5.41) is 14.6. The molecule has 3 N–H and O–H groups in total. The number of nitrogens with one attached hydrogen (secondary N) is 3. The van der Waals surface area contributed by atoms with E-state index < -0.39 is 10.0 Å². The topological polar surface area (TPSA) is 109 Å². The van der Waals surface area contributed by atoms with Crippen molar-refractivity contribution >= 4 is 50.7 Å². The Labute approximate surface area is 178 Å². The number of rotatable bonds is 8. The van der Waals surface area contributed by atoms with Crippen LogP contribution in [0.2, 0.25) is 10.0 Å². The minimum absolute atomic E-state index is 0.0633. The van der Waals surface area contributed by atoms with E-state index in [0.717, 1.165) is 5.56 Å². The highest BCUT2D eigenvalue weighted by molar-refractivity contribution is 7.89. The van der Waals surface area contributed by atoms with Gasteiger partial charge < -0.3 is 10.6 Å². The molecule has 0 bridgehead atoms. The Kier molecular flexibility index (Phi) is 6.86. The number of nitrogens with zero attached hydrogens (tertiary/aromatic N) is 3. The Morgan fingerprint density at radius 3 is 2.41 bits per heavy atom. The van der Waals surface area contributed by atoms with E-state index in [0.29, 0.717) is 24.0 Å². The molecule has 2 aromatic heterocycles. The van der Waals surface area contributed by atoms with E-state index in [1.807, 2.05) is 19.1 Å². The van der Waals surface area contributed by atoms with Gasteiger partial charge in [0.25, 0.3) is 0 Å². The second-order valence-corrected chi connectivity index (χ2v) is 8.63. The fourth-order valence-corrected chi connectivity index (χ4v) is 4.16. The van der Waals surface area contributed by atoms with Crippen molar-refractivity contribution in [3.8, 4) is 0 Å². The van der Waals surface area contributed by atoms with E-state index in [-0.39, 0.29) is 21.5 Å². The Balaban J connectivity index is 1.51. The van der Waals surface area contributed by atoms with Crippen LogP contribution in [0.15, 0.2) is 53.6 Å². The Bertz CT molecular complexity index is 1090. The zero-order valence-electron chi connectivity index (χ0n) is 15.4. The van der Waals surface area contributed by atoms with E-state index >= 15 is 0 Å². The average molecular weight is 453 g/mol. The lowest BCUT2D eigenvalue weighted by Crippen LogP contribution is -2.29. The molecule has 0 atom stereocenters. The summed E-state index contributed by atoms with van der Waals surface area (Å²) in [5.74, 6) is 1.73. The van der Waals surface area contributed by atoms with Gasteiger partial charge in [-0.25, -0.2) is 18.1 Å². The second kappa shape index (κ2) is 9.36. The van der Waals surface area contributed by atoms with Crippen molar-refractivity contribution in [3.63, 3.8) is 0 Å². The maximum absolute atomic E-state index is 12.3. The van der Waals surface area contributed by atoms with Gasteiger partial charge in [-0.2, -0.15) is 0 Å². The van der Waals surface area contributed by atoms with Crippen LogP contribution in [-0.2, 0) is 10.0 Å². The van der Waals surface area contributed by atoms with Gasteiger partial charge in [-0.1, -0.05) is 23.2 Å². The van der Waals surface area contributed by atoms with Crippen LogP contribution in [0.25, 0.3) is 0 Å². The summed E-state index contributed by atoms with van der Waals surface area (Å²) in [6.07, 6.45) is 1.71. The van der Waals surface area contributed by atoms with Gasteiger partial charge in [-0.05, 0) is 55.0 Å². The van der Waals surface area contributed by atoms with Crippen molar-refractivity contribution in [2.24, 2.45) is 0 Å². The molecule has 0 fully saturated rings. The molecule has 1 aromatic carbocycles. The zero-order chi connectivity index (χ0) is 20.9. The van der Waals surface area contributed by atoms with E-state index in [1.165, 1.54) is 18.2 Å². The monoisotopic (exact) mass is 452 g/mol. The molecule has 2 heterocycles. The first kappa shape index (κ1) is 21.3. The minimum Gasteiger partial charge on any atom is -0.367 e. The zero-order valence-corrected chi connectivity index (χ0v) is 17.7. The predicted molar refractivity (Wildman–Crippen MR) is 114 cm³/mol. The average Bonchev–Trinajstić information content (AvgIpc) is 2.68. The molecule has 0 saturated carbocycles. The van der Waals surface area contributed by atoms with Gasteiger partial charge in [0, 0.05) is 24.3 Å². The molecule has 152 valence electrons. The van der Waals surface area contributed by atoms with Crippen LogP contribution in [0.4, 0.5) is 17.5 Å². The Hall–Kier alpha value is -2.46. The number of hydrogen-bond acceptors (Lipinski definition) is 7. The van der Waals surface area contributed by atoms with E-state index in [2.05, 4.69) is 30.5 Å². The van der Waals surface area contributed by atoms with Crippen molar-refractivity contribution < 1.29 is 8.42 Å². The lowest BCUT2D eigenvalue weighted by molar-refractivity contribution is 0.583. The van der Waals surface area contributed by atoms with Crippen molar-refractivity contribution in [1.82, 2.24) is 19.9 Å². The first-order chi connectivity index (χ1) is 13.8. The molecule has 11 heteroatoms. The van der Waals surface area contributed by atoms with Crippen molar-refractivity contribution in [1.29, 1.82) is 0 Å². The van der Waals surface area contributed by atoms with Crippen molar-refractivity contribution in [3.05, 3.63) is 64.3 Å². The number of aryl methyl sites for hydroxylation is 1. The summed E-state index contributed by atoms with van der Waals surface area (Å²) in [4.78, 5) is 4.14. The molecule has 0 aliphatic carbocycles. The van der Waals surface area contributed by atoms with Crippen LogP contribution in [0, 0.1) is 6.92 Å². The van der Waals surface area contributed by atoms with Crippen LogP contribution in [-0.4, -0.2) is 36.7 Å². The molecule has 3 rings (SSSR count). The highest BCUT2D eigenvalue weighted by Crippen LogP contribution is 2.24. The van der Waals surface area contributed by atoms with E-state index in [9.17, 15) is 8.42 Å². The first-order valence-corrected chi connectivity index (χ1v) is 10.8. The number of aromatic nitrogens is 3. The highest BCUT2D eigenvalue weighted by Gasteiger charge is 2.17. The van der Waals surface area contributed by atoms with Gasteiger partial charge in [-0.3, -0.25) is 0 Å². The van der Waals surface area contributed by atoms with Gasteiger partial charge in [0.2, 0.25) is 10.0 Å². The maximum Gasteiger partial charge on any atom is 0.242 e. The molecule has 0 saturated heterocycles. The minimum atomic E-state index is -3.77. The van der Waals surface area contributed by atoms with Gasteiger partial charge in [-0.15, -0.1) is 10.2 Å². The third kappa shape index (κ3) is 6.01. The number of halogens is 2. The number of pyridine rings is 1. The van der Waals surface area contributed by atoms with Gasteiger partial charge in [0.15, 0.2) is 5.82 Å². The van der Waals surface area contributed by atoms with Crippen molar-refractivity contribution in [2.45, 2.75) is 11.8 Å². The smallest absolute Gasteiger partial charge is 0.242 e. The molecule has 0 aliphatic heterocycles. The molecule has 8 nitrogen and oxygen atoms in total. The van der Waals surface area contributed by atoms with Crippen molar-refractivity contribution in [2.75, 3.05) is 23.7 Å². The molecule has 0 spiro atoms. The largest absolute Gasteiger partial charge is 0.367 e. The normalized spacial score (nSPS) is 11.3. The number of benzene rings is 1. The molecule has 0 aliphatic rings. The number of anilines is 3. The molecule has 3 aromatic rings. The lowest BCUT2D eigenvalue weighted by atomic mass is 10.3. The molecular formula is C18H18Cl2N6O2S. The Morgan fingerprint density at radius 1 is 0.931 bits per heavy atom. The first-order valence-electron chi connectivity index (χ1n) is 8.55. The second-order valence-electron chi connectivity index (χ2n) is 6.05. The fourth-order valence-electron chi connectivity index (χ4n) is 2.37. The van der Waals surface area contributed by atoms with E-state index in [1.54, 1.807) is 18.3 Å². The lowest BCUT2D eigenvalue weighted by Gasteiger charge is -2.10. The third-order valence-electron chi connectivity index (χ3n) is 3.74. The van der Waals surface area contributed by atoms with Gasteiger partial charge in [0.1, 0.15) is 16.5 Å². The van der Waals surface area contributed by atoms with Crippen LogP contribution in [0.1, 0.15) is 5.56 Å². The SMILES string of the molecule is Cc1ccnc(Nc2ccc(NCCNS(=O)(=O)c3cc(Cl)ccc3Cl)nn2)c1. The summed E-state index contributed by atoms with van der Waals surface area (Å²) in [7, 11) is -3.77. The molecule has 29 heavy (non-hydrogen) atoms. The van der Waals surface area contributed by atoms with Gasteiger partial charge in [0.05, 0.1) is 5.02 Å². The summed E-state index contributed by atoms with van der Waals surface area (Å²) in [6, 6.07) is 11.5. The number of sulfonamides is 1. The van der Waals surface area contributed by atoms with Gasteiger partial charge >= 0.3 is 0 Å². The quantitative estimate of drug-likeness (QED) is 0.447. The maximum atomic E-state index is 12.3. The standard InChI is InChI=1S/C18H18Cl2N6O2S/c1-12-6-7-21-18(10-12)24-17-5-4-16(25-26-17)22-8-9-23-29(27,28)15-11-13(19)2-3-14(15)20/h2-7,10-11,23H,8-9H2,1H3,(H,22,25)(H,21,24,26). The molecule has 0 amide bonds. The third-order valence-corrected chi connectivity index (χ3v) is 5.92. The highest BCUT2D eigenvalue weighted by atomic mass is 35.5. The Morgan fingerprint density at radius 2 is 1.69 bits per heavy atom. The van der Waals surface area contributed by atoms with Crippen LogP contribution in [0.5, 0.6) is 0 Å².